The third-order valence-electron chi connectivity index (χ3n) is 7.31. The van der Waals surface area contributed by atoms with Crippen molar-refractivity contribution in [2.24, 2.45) is 11.8 Å². The molecular formula is C30H29FN4OS. The van der Waals surface area contributed by atoms with Crippen molar-refractivity contribution in [3.63, 3.8) is 0 Å². The maximum Gasteiger partial charge on any atom is 0.229 e. The van der Waals surface area contributed by atoms with Crippen LogP contribution < -0.4 is 10.6 Å². The van der Waals surface area contributed by atoms with Crippen LogP contribution in [0.3, 0.4) is 0 Å². The zero-order valence-electron chi connectivity index (χ0n) is 21.1. The molecule has 4 heterocycles. The number of halogens is 1. The summed E-state index contributed by atoms with van der Waals surface area (Å²) in [5, 5.41) is 7.38. The lowest BCUT2D eigenvalue weighted by atomic mass is 10.0. The summed E-state index contributed by atoms with van der Waals surface area (Å²) < 4.78 is 15.1. The van der Waals surface area contributed by atoms with Crippen molar-refractivity contribution in [3.05, 3.63) is 111 Å². The van der Waals surface area contributed by atoms with Crippen molar-refractivity contribution in [1.29, 1.82) is 0 Å². The van der Waals surface area contributed by atoms with Crippen molar-refractivity contribution >= 4 is 28.9 Å². The molecule has 37 heavy (non-hydrogen) atoms. The third kappa shape index (κ3) is 4.53. The van der Waals surface area contributed by atoms with Crippen LogP contribution in [0.4, 0.5) is 4.39 Å². The molecule has 5 nitrogen and oxygen atoms in total. The molecule has 0 radical (unpaired) electrons. The summed E-state index contributed by atoms with van der Waals surface area (Å²) in [7, 11) is 0. The molecule has 0 saturated heterocycles. The number of benzene rings is 1. The van der Waals surface area contributed by atoms with Gasteiger partial charge in [0.25, 0.3) is 0 Å². The Morgan fingerprint density at radius 3 is 2.81 bits per heavy atom. The summed E-state index contributed by atoms with van der Waals surface area (Å²) in [4.78, 5) is 20.3. The van der Waals surface area contributed by atoms with Crippen molar-refractivity contribution in [2.75, 3.05) is 0 Å². The minimum Gasteiger partial charge on any atom is -0.366 e. The molecule has 1 aliphatic carbocycles. The lowest BCUT2D eigenvalue weighted by Gasteiger charge is -2.27. The van der Waals surface area contributed by atoms with Crippen LogP contribution in [0, 0.1) is 17.7 Å². The number of nitrogens with zero attached hydrogens (tertiary/aromatic N) is 2. The molecule has 0 spiro atoms. The molecule has 2 N–H and O–H groups in total. The first kappa shape index (κ1) is 23.8. The molecule has 1 aromatic heterocycles. The van der Waals surface area contributed by atoms with Gasteiger partial charge in [-0.15, -0.1) is 0 Å². The number of nitrogens with one attached hydrogen (secondary N) is 2. The number of rotatable bonds is 6. The Labute approximate surface area is 220 Å². The Morgan fingerprint density at radius 2 is 2.05 bits per heavy atom. The minimum absolute atomic E-state index is 0.00932. The van der Waals surface area contributed by atoms with E-state index in [0.29, 0.717) is 17.4 Å². The van der Waals surface area contributed by atoms with Gasteiger partial charge < -0.3 is 15.5 Å². The molecule has 3 aliphatic heterocycles. The SMILES string of the molecule is CC1=C(C(C)C)SC(NC(=O)Cc2ccc(C3=CNC4C=C(c5ccncc5)C=CN34)cc2F)=C2CC12. The van der Waals surface area contributed by atoms with Gasteiger partial charge in [0.15, 0.2) is 0 Å². The number of hydrogen-bond acceptors (Lipinski definition) is 5. The molecule has 6 rings (SSSR count). The molecule has 1 fully saturated rings. The summed E-state index contributed by atoms with van der Waals surface area (Å²) in [6.45, 7) is 6.56. The van der Waals surface area contributed by atoms with Crippen molar-refractivity contribution in [2.45, 2.75) is 39.8 Å². The van der Waals surface area contributed by atoms with E-state index in [0.717, 1.165) is 33.8 Å². The Balaban J connectivity index is 1.12. The molecule has 188 valence electrons. The first-order valence-corrected chi connectivity index (χ1v) is 13.5. The zero-order valence-corrected chi connectivity index (χ0v) is 21.9. The average molecular weight is 513 g/mol. The second-order valence-corrected chi connectivity index (χ2v) is 11.2. The number of amides is 1. The summed E-state index contributed by atoms with van der Waals surface area (Å²) >= 11 is 1.67. The monoisotopic (exact) mass is 512 g/mol. The number of fused-ring (bicyclic) bond motifs is 2. The molecule has 4 aliphatic rings. The van der Waals surface area contributed by atoms with E-state index in [4.69, 9.17) is 0 Å². The highest BCUT2D eigenvalue weighted by Gasteiger charge is 2.40. The van der Waals surface area contributed by atoms with Gasteiger partial charge in [-0.2, -0.15) is 0 Å². The fourth-order valence-electron chi connectivity index (χ4n) is 5.25. The number of aromatic nitrogens is 1. The van der Waals surface area contributed by atoms with Crippen LogP contribution >= 0.6 is 11.8 Å². The van der Waals surface area contributed by atoms with E-state index in [9.17, 15) is 4.79 Å². The molecule has 1 saturated carbocycles. The number of carbonyl (C=O) groups excluding carboxylic acids is 1. The van der Waals surface area contributed by atoms with Crippen LogP contribution in [0.1, 0.15) is 43.9 Å². The van der Waals surface area contributed by atoms with E-state index >= 15 is 4.39 Å². The smallest absolute Gasteiger partial charge is 0.229 e. The number of hydrogen-bond donors (Lipinski definition) is 2. The van der Waals surface area contributed by atoms with Crippen molar-refractivity contribution in [1.82, 2.24) is 20.5 Å². The number of allylic oxidation sites excluding steroid dienone is 5. The highest BCUT2D eigenvalue weighted by atomic mass is 32.2. The van der Waals surface area contributed by atoms with E-state index < -0.39 is 0 Å². The van der Waals surface area contributed by atoms with Gasteiger partial charge in [0.2, 0.25) is 5.91 Å². The van der Waals surface area contributed by atoms with E-state index in [2.05, 4.69) is 47.4 Å². The van der Waals surface area contributed by atoms with Crippen LogP contribution in [0.2, 0.25) is 0 Å². The Morgan fingerprint density at radius 1 is 1.24 bits per heavy atom. The molecule has 7 heteroatoms. The minimum atomic E-state index is -0.372. The van der Waals surface area contributed by atoms with E-state index in [1.807, 2.05) is 36.7 Å². The van der Waals surface area contributed by atoms with Gasteiger partial charge in [-0.1, -0.05) is 43.3 Å². The van der Waals surface area contributed by atoms with Gasteiger partial charge in [0.05, 0.1) is 17.1 Å². The standard InChI is InChI=1S/C30H29FN4OS/c1-17(2)29-18(3)23-15-24(23)30(37-29)34-28(36)14-21-4-5-22(12-25(21)31)26-16-33-27-13-20(8-11-35(26)27)19-6-9-32-10-7-19/h4-13,16-17,23,27,33H,14-15H2,1-3H3,(H,34,36). The lowest BCUT2D eigenvalue weighted by Crippen LogP contribution is -2.32. The second-order valence-electron chi connectivity index (χ2n) is 10.2. The van der Waals surface area contributed by atoms with Crippen molar-refractivity contribution < 1.29 is 9.18 Å². The summed E-state index contributed by atoms with van der Waals surface area (Å²) in [6, 6.07) is 9.08. The Hall–Kier alpha value is -3.58. The maximum atomic E-state index is 15.1. The first-order valence-electron chi connectivity index (χ1n) is 12.6. The topological polar surface area (TPSA) is 57.3 Å². The Kier molecular flexibility index (Phi) is 6.03. The zero-order chi connectivity index (χ0) is 25.7. The van der Waals surface area contributed by atoms with Crippen LogP contribution in [0.5, 0.6) is 0 Å². The number of carbonyl (C=O) groups is 1. The quantitative estimate of drug-likeness (QED) is 0.503. The van der Waals surface area contributed by atoms with Gasteiger partial charge in [0.1, 0.15) is 12.0 Å². The fraction of sp³-hybridized carbons (Fsp3) is 0.267. The number of thioether (sulfide) groups is 1. The summed E-state index contributed by atoms with van der Waals surface area (Å²) in [5.74, 6) is 0.351. The lowest BCUT2D eigenvalue weighted by molar-refractivity contribution is -0.119. The Bertz CT molecular complexity index is 1440. The van der Waals surface area contributed by atoms with E-state index in [1.54, 1.807) is 30.2 Å². The molecule has 0 bridgehead atoms. The predicted octanol–water partition coefficient (Wildman–Crippen LogP) is 5.93. The second kappa shape index (κ2) is 9.38. The van der Waals surface area contributed by atoms with Gasteiger partial charge >= 0.3 is 0 Å². The normalized spacial score (nSPS) is 21.9. The third-order valence-corrected chi connectivity index (χ3v) is 8.89. The van der Waals surface area contributed by atoms with Crippen LogP contribution in [-0.2, 0) is 11.2 Å². The summed E-state index contributed by atoms with van der Waals surface area (Å²) in [6.07, 6.45) is 12.6. The number of pyridine rings is 1. The predicted molar refractivity (Wildman–Crippen MR) is 147 cm³/mol. The van der Waals surface area contributed by atoms with Crippen LogP contribution in [0.25, 0.3) is 11.3 Å². The van der Waals surface area contributed by atoms with Crippen molar-refractivity contribution in [3.8, 4) is 0 Å². The van der Waals surface area contributed by atoms with Crippen LogP contribution in [-0.4, -0.2) is 22.0 Å². The molecule has 2 unspecified atom stereocenters. The van der Waals surface area contributed by atoms with Gasteiger partial charge in [-0.05, 0) is 76.8 Å². The molecule has 2 aromatic rings. The van der Waals surface area contributed by atoms with Crippen LogP contribution in [0.15, 0.2) is 88.4 Å². The average Bonchev–Trinajstić information content (AvgIpc) is 3.60. The first-order chi connectivity index (χ1) is 17.9. The van der Waals surface area contributed by atoms with E-state index in [1.165, 1.54) is 22.1 Å². The van der Waals surface area contributed by atoms with Gasteiger partial charge in [0, 0.05) is 36.3 Å². The molecular weight excluding hydrogens is 483 g/mol. The highest BCUT2D eigenvalue weighted by molar-refractivity contribution is 8.06. The molecule has 2 atom stereocenters. The highest BCUT2D eigenvalue weighted by Crippen LogP contribution is 2.55. The van der Waals surface area contributed by atoms with Gasteiger partial charge in [-0.25, -0.2) is 4.39 Å². The molecule has 1 amide bonds. The molecule has 1 aromatic carbocycles. The van der Waals surface area contributed by atoms with E-state index in [-0.39, 0.29) is 24.3 Å². The maximum absolute atomic E-state index is 15.1. The largest absolute Gasteiger partial charge is 0.366 e. The fourth-order valence-corrected chi connectivity index (χ4v) is 6.53. The van der Waals surface area contributed by atoms with Gasteiger partial charge in [-0.3, -0.25) is 9.78 Å². The summed E-state index contributed by atoms with van der Waals surface area (Å²) in [5.41, 5.74) is 6.99.